The molecule has 1 fully saturated rings. The number of carbonyl (C=O) groups is 1. The molecule has 2 atom stereocenters. The predicted octanol–water partition coefficient (Wildman–Crippen LogP) is 5.11. The standard InChI is InChI=1S/C28H32N2O5S/c1-20(21-10-12-22(13-11-21)23-16-25(18-29-17-23)36(4,33)34)30-15-14-28(35-26(30)31,19-27(2,3)32)24-8-6-5-7-9-24/h5-13,16-18,20,32H,14-15,19H2,1-4H3/t20-,28-/m0/s1. The van der Waals surface area contributed by atoms with Gasteiger partial charge in [-0.15, -0.1) is 0 Å². The lowest BCUT2D eigenvalue weighted by Crippen LogP contribution is -2.51. The van der Waals surface area contributed by atoms with E-state index in [4.69, 9.17) is 4.74 Å². The van der Waals surface area contributed by atoms with Crippen LogP contribution in [0.4, 0.5) is 4.79 Å². The zero-order valence-corrected chi connectivity index (χ0v) is 21.8. The first-order valence-corrected chi connectivity index (χ1v) is 13.8. The number of sulfone groups is 1. The van der Waals surface area contributed by atoms with Gasteiger partial charge in [0, 0.05) is 43.6 Å². The van der Waals surface area contributed by atoms with E-state index in [9.17, 15) is 18.3 Å². The first kappa shape index (κ1) is 25.9. The van der Waals surface area contributed by atoms with E-state index in [2.05, 4.69) is 4.98 Å². The maximum Gasteiger partial charge on any atom is 0.411 e. The lowest BCUT2D eigenvalue weighted by molar-refractivity contribution is -0.101. The van der Waals surface area contributed by atoms with Crippen molar-refractivity contribution in [2.24, 2.45) is 0 Å². The second-order valence-corrected chi connectivity index (χ2v) is 12.2. The summed E-state index contributed by atoms with van der Waals surface area (Å²) in [7, 11) is -3.35. The van der Waals surface area contributed by atoms with Crippen LogP contribution in [0, 0.1) is 0 Å². The molecule has 1 saturated heterocycles. The van der Waals surface area contributed by atoms with Gasteiger partial charge in [-0.25, -0.2) is 13.2 Å². The predicted molar refractivity (Wildman–Crippen MR) is 138 cm³/mol. The van der Waals surface area contributed by atoms with Crippen molar-refractivity contribution in [3.63, 3.8) is 0 Å². The van der Waals surface area contributed by atoms with E-state index in [1.54, 1.807) is 31.0 Å². The zero-order valence-electron chi connectivity index (χ0n) is 21.0. The van der Waals surface area contributed by atoms with Crippen molar-refractivity contribution in [1.82, 2.24) is 9.88 Å². The van der Waals surface area contributed by atoms with Gasteiger partial charge in [-0.1, -0.05) is 54.6 Å². The number of nitrogens with zero attached hydrogens (tertiary/aromatic N) is 2. The van der Waals surface area contributed by atoms with Crippen molar-refractivity contribution >= 4 is 15.9 Å². The molecule has 1 aromatic heterocycles. The topological polar surface area (TPSA) is 96.8 Å². The Kier molecular flexibility index (Phi) is 6.94. The van der Waals surface area contributed by atoms with Gasteiger partial charge in [-0.3, -0.25) is 4.98 Å². The van der Waals surface area contributed by atoms with E-state index in [1.807, 2.05) is 61.5 Å². The smallest absolute Gasteiger partial charge is 0.411 e. The lowest BCUT2D eigenvalue weighted by atomic mass is 9.80. The highest BCUT2D eigenvalue weighted by Crippen LogP contribution is 2.42. The minimum Gasteiger partial charge on any atom is -0.438 e. The molecule has 0 unspecified atom stereocenters. The first-order valence-electron chi connectivity index (χ1n) is 11.9. The Bertz CT molecular complexity index is 1330. The van der Waals surface area contributed by atoms with Crippen molar-refractivity contribution in [3.05, 3.63) is 84.2 Å². The molecule has 0 radical (unpaired) electrons. The molecule has 36 heavy (non-hydrogen) atoms. The van der Waals surface area contributed by atoms with E-state index in [1.165, 1.54) is 6.20 Å². The van der Waals surface area contributed by atoms with Crippen LogP contribution in [0.1, 0.15) is 50.8 Å². The van der Waals surface area contributed by atoms with Gasteiger partial charge in [-0.2, -0.15) is 0 Å². The largest absolute Gasteiger partial charge is 0.438 e. The molecular weight excluding hydrogens is 476 g/mol. The molecule has 1 aliphatic rings. The number of benzene rings is 2. The molecule has 2 aromatic carbocycles. The summed E-state index contributed by atoms with van der Waals surface area (Å²) in [5.41, 5.74) is 1.43. The molecular formula is C28H32N2O5S. The third-order valence-electron chi connectivity index (χ3n) is 6.63. The Hall–Kier alpha value is -3.23. The summed E-state index contributed by atoms with van der Waals surface area (Å²) in [6.07, 6.45) is 4.55. The molecule has 0 aliphatic carbocycles. The number of amides is 1. The van der Waals surface area contributed by atoms with E-state index in [-0.39, 0.29) is 10.9 Å². The molecule has 1 aliphatic heterocycles. The Labute approximate surface area is 212 Å². The number of hydrogen-bond donors (Lipinski definition) is 1. The number of pyridine rings is 1. The summed E-state index contributed by atoms with van der Waals surface area (Å²) in [5, 5.41) is 10.6. The fourth-order valence-corrected chi connectivity index (χ4v) is 5.40. The molecule has 1 N–H and O–H groups in total. The molecule has 0 spiro atoms. The maximum atomic E-state index is 13.3. The van der Waals surface area contributed by atoms with Crippen molar-refractivity contribution in [2.75, 3.05) is 12.8 Å². The Morgan fingerprint density at radius 1 is 1.08 bits per heavy atom. The van der Waals surface area contributed by atoms with E-state index in [0.717, 1.165) is 22.9 Å². The van der Waals surface area contributed by atoms with Crippen molar-refractivity contribution in [3.8, 4) is 11.1 Å². The van der Waals surface area contributed by atoms with E-state index >= 15 is 0 Å². The van der Waals surface area contributed by atoms with Gasteiger partial charge >= 0.3 is 6.09 Å². The Balaban J connectivity index is 1.54. The maximum absolute atomic E-state index is 13.3. The average molecular weight is 509 g/mol. The first-order chi connectivity index (χ1) is 16.9. The molecule has 1 amide bonds. The van der Waals surface area contributed by atoms with Gasteiger partial charge in [0.25, 0.3) is 0 Å². The lowest BCUT2D eigenvalue weighted by Gasteiger charge is -2.45. The van der Waals surface area contributed by atoms with Crippen molar-refractivity contribution in [1.29, 1.82) is 0 Å². The number of carbonyl (C=O) groups excluding carboxylic acids is 1. The van der Waals surface area contributed by atoms with Crippen LogP contribution in [0.25, 0.3) is 11.1 Å². The highest BCUT2D eigenvalue weighted by atomic mass is 32.2. The van der Waals surface area contributed by atoms with Gasteiger partial charge in [0.1, 0.15) is 5.60 Å². The molecule has 0 saturated carbocycles. The van der Waals surface area contributed by atoms with Crippen molar-refractivity contribution < 1.29 is 23.1 Å². The summed E-state index contributed by atoms with van der Waals surface area (Å²) >= 11 is 0. The van der Waals surface area contributed by atoms with Crippen LogP contribution in [0.5, 0.6) is 0 Å². The second-order valence-electron chi connectivity index (χ2n) is 10.1. The normalized spacial score (nSPS) is 19.6. The quantitative estimate of drug-likeness (QED) is 0.476. The summed E-state index contributed by atoms with van der Waals surface area (Å²) in [4.78, 5) is 19.2. The molecule has 4 rings (SSSR count). The number of aliphatic hydroxyl groups is 1. The molecule has 190 valence electrons. The summed E-state index contributed by atoms with van der Waals surface area (Å²) in [5.74, 6) is 0. The molecule has 2 heterocycles. The average Bonchev–Trinajstić information content (AvgIpc) is 2.83. The summed E-state index contributed by atoms with van der Waals surface area (Å²) in [6, 6.07) is 18.6. The van der Waals surface area contributed by atoms with Gasteiger partial charge in [0.2, 0.25) is 0 Å². The van der Waals surface area contributed by atoms with E-state index < -0.39 is 27.1 Å². The third kappa shape index (κ3) is 5.60. The van der Waals surface area contributed by atoms with E-state index in [0.29, 0.717) is 24.9 Å². The van der Waals surface area contributed by atoms with Crippen LogP contribution in [0.3, 0.4) is 0 Å². The van der Waals surface area contributed by atoms with Gasteiger partial charge in [0.15, 0.2) is 9.84 Å². The molecule has 7 nitrogen and oxygen atoms in total. The SMILES string of the molecule is C[C@@H](c1ccc(-c2cncc(S(C)(=O)=O)c2)cc1)N1CC[C@](CC(C)(C)O)(c2ccccc2)OC1=O. The number of ether oxygens (including phenoxy) is 1. The Morgan fingerprint density at radius 2 is 1.75 bits per heavy atom. The monoisotopic (exact) mass is 508 g/mol. The summed E-state index contributed by atoms with van der Waals surface area (Å²) < 4.78 is 29.8. The van der Waals surface area contributed by atoms with Gasteiger partial charge in [-0.05, 0) is 43.5 Å². The van der Waals surface area contributed by atoms with Gasteiger partial charge < -0.3 is 14.7 Å². The van der Waals surface area contributed by atoms with Crippen LogP contribution in [0.2, 0.25) is 0 Å². The number of aromatic nitrogens is 1. The number of rotatable bonds is 7. The minimum absolute atomic E-state index is 0.168. The van der Waals surface area contributed by atoms with Crippen LogP contribution in [0.15, 0.2) is 78.0 Å². The van der Waals surface area contributed by atoms with Crippen LogP contribution < -0.4 is 0 Å². The van der Waals surface area contributed by atoms with Gasteiger partial charge in [0.05, 0.1) is 16.5 Å². The third-order valence-corrected chi connectivity index (χ3v) is 7.71. The fraction of sp³-hybridized carbons (Fsp3) is 0.357. The molecule has 3 aromatic rings. The van der Waals surface area contributed by atoms with Crippen LogP contribution >= 0.6 is 0 Å². The number of cyclic esters (lactones) is 1. The van der Waals surface area contributed by atoms with Crippen LogP contribution in [-0.2, 0) is 20.2 Å². The molecule has 0 bridgehead atoms. The minimum atomic E-state index is -3.35. The van der Waals surface area contributed by atoms with Crippen LogP contribution in [-0.4, -0.2) is 47.9 Å². The highest BCUT2D eigenvalue weighted by molar-refractivity contribution is 7.90. The molecule has 8 heteroatoms. The second kappa shape index (κ2) is 9.67. The Morgan fingerprint density at radius 3 is 2.33 bits per heavy atom. The fourth-order valence-electron chi connectivity index (χ4n) is 4.80. The van der Waals surface area contributed by atoms with Crippen molar-refractivity contribution in [2.45, 2.75) is 55.8 Å². The summed E-state index contributed by atoms with van der Waals surface area (Å²) in [6.45, 7) is 5.88. The number of hydrogen-bond acceptors (Lipinski definition) is 6. The highest BCUT2D eigenvalue weighted by Gasteiger charge is 2.46. The zero-order chi connectivity index (χ0) is 26.1.